The van der Waals surface area contributed by atoms with Crippen molar-refractivity contribution in [3.05, 3.63) is 65.0 Å². The van der Waals surface area contributed by atoms with E-state index in [9.17, 15) is 24.0 Å². The van der Waals surface area contributed by atoms with E-state index in [1.165, 1.54) is 25.3 Å². The molecule has 30 heavy (non-hydrogen) atoms. The van der Waals surface area contributed by atoms with Crippen LogP contribution in [-0.4, -0.2) is 40.4 Å². The Bertz CT molecular complexity index is 1020. The molecule has 154 valence electrons. The van der Waals surface area contributed by atoms with E-state index < -0.39 is 17.9 Å². The topological polar surface area (TPSA) is 134 Å². The lowest BCUT2D eigenvalue weighted by Gasteiger charge is -2.22. The SMILES string of the molecule is CC(=O)c1ccc(CNC(=O)c2ccccn2)cc1C(=O)NC1CCC(=O)NC1=O. The summed E-state index contributed by atoms with van der Waals surface area (Å²) in [6, 6.07) is 8.75. The van der Waals surface area contributed by atoms with Gasteiger partial charge in [0.1, 0.15) is 11.7 Å². The van der Waals surface area contributed by atoms with Crippen LogP contribution in [0.25, 0.3) is 0 Å². The summed E-state index contributed by atoms with van der Waals surface area (Å²) in [5, 5.41) is 7.44. The molecule has 1 aromatic carbocycles. The lowest BCUT2D eigenvalue weighted by molar-refractivity contribution is -0.134. The number of rotatable bonds is 6. The second-order valence-electron chi connectivity index (χ2n) is 6.81. The van der Waals surface area contributed by atoms with Crippen LogP contribution in [0.4, 0.5) is 0 Å². The first-order valence-electron chi connectivity index (χ1n) is 9.33. The van der Waals surface area contributed by atoms with Gasteiger partial charge in [0.05, 0.1) is 5.56 Å². The Labute approximate surface area is 172 Å². The summed E-state index contributed by atoms with van der Waals surface area (Å²) in [6.45, 7) is 1.45. The van der Waals surface area contributed by atoms with Gasteiger partial charge in [0, 0.05) is 24.7 Å². The largest absolute Gasteiger partial charge is 0.347 e. The van der Waals surface area contributed by atoms with Gasteiger partial charge in [-0.2, -0.15) is 0 Å². The molecule has 4 amide bonds. The van der Waals surface area contributed by atoms with Crippen molar-refractivity contribution in [2.75, 3.05) is 0 Å². The molecular weight excluding hydrogens is 388 g/mol. The number of nitrogens with one attached hydrogen (secondary N) is 3. The van der Waals surface area contributed by atoms with Crippen molar-refractivity contribution in [2.45, 2.75) is 32.4 Å². The third kappa shape index (κ3) is 4.93. The molecule has 1 fully saturated rings. The highest BCUT2D eigenvalue weighted by Gasteiger charge is 2.29. The monoisotopic (exact) mass is 408 g/mol. The standard InChI is InChI=1S/C21H20N4O5/c1-12(26)14-6-5-13(11-23-20(29)16-4-2-3-9-22-16)10-15(14)19(28)24-17-7-8-18(27)25-21(17)30/h2-6,9-10,17H,7-8,11H2,1H3,(H,23,29)(H,24,28)(H,25,27,30). The Morgan fingerprint density at radius 2 is 1.90 bits per heavy atom. The van der Waals surface area contributed by atoms with Crippen LogP contribution in [0.5, 0.6) is 0 Å². The maximum atomic E-state index is 12.8. The van der Waals surface area contributed by atoms with Gasteiger partial charge in [-0.25, -0.2) is 0 Å². The van der Waals surface area contributed by atoms with Gasteiger partial charge in [-0.15, -0.1) is 0 Å². The number of Topliss-reactive ketones (excluding diaryl/α,β-unsaturated/α-hetero) is 1. The van der Waals surface area contributed by atoms with Crippen molar-refractivity contribution in [2.24, 2.45) is 0 Å². The summed E-state index contributed by atoms with van der Waals surface area (Å²) in [6.07, 6.45) is 1.81. The van der Waals surface area contributed by atoms with Gasteiger partial charge in [0.25, 0.3) is 11.8 Å². The van der Waals surface area contributed by atoms with Gasteiger partial charge >= 0.3 is 0 Å². The number of ketones is 1. The van der Waals surface area contributed by atoms with Crippen LogP contribution in [0.2, 0.25) is 0 Å². The fraction of sp³-hybridized carbons (Fsp3) is 0.238. The van der Waals surface area contributed by atoms with Crippen molar-refractivity contribution in [3.8, 4) is 0 Å². The first-order valence-corrected chi connectivity index (χ1v) is 9.33. The lowest BCUT2D eigenvalue weighted by Crippen LogP contribution is -2.52. The highest BCUT2D eigenvalue weighted by atomic mass is 16.2. The molecule has 1 saturated heterocycles. The number of nitrogens with zero attached hydrogens (tertiary/aromatic N) is 1. The quantitative estimate of drug-likeness (QED) is 0.477. The number of carbonyl (C=O) groups excluding carboxylic acids is 5. The summed E-state index contributed by atoms with van der Waals surface area (Å²) in [7, 11) is 0. The van der Waals surface area contributed by atoms with Crippen LogP contribution in [0.15, 0.2) is 42.6 Å². The fourth-order valence-corrected chi connectivity index (χ4v) is 3.03. The van der Waals surface area contributed by atoms with Crippen molar-refractivity contribution in [1.29, 1.82) is 0 Å². The normalized spacial score (nSPS) is 15.8. The molecule has 3 N–H and O–H groups in total. The smallest absolute Gasteiger partial charge is 0.270 e. The van der Waals surface area contributed by atoms with Gasteiger partial charge in [-0.3, -0.25) is 34.3 Å². The lowest BCUT2D eigenvalue weighted by atomic mass is 9.99. The highest BCUT2D eigenvalue weighted by Crippen LogP contribution is 2.15. The Morgan fingerprint density at radius 1 is 1.10 bits per heavy atom. The van der Waals surface area contributed by atoms with Crippen LogP contribution in [0.1, 0.15) is 56.5 Å². The van der Waals surface area contributed by atoms with E-state index in [4.69, 9.17) is 0 Å². The number of benzene rings is 1. The predicted molar refractivity (Wildman–Crippen MR) is 105 cm³/mol. The molecule has 0 saturated carbocycles. The molecule has 1 atom stereocenters. The van der Waals surface area contributed by atoms with Crippen LogP contribution < -0.4 is 16.0 Å². The van der Waals surface area contributed by atoms with Crippen LogP contribution >= 0.6 is 0 Å². The zero-order valence-electron chi connectivity index (χ0n) is 16.2. The molecule has 3 rings (SSSR count). The molecule has 2 aromatic rings. The van der Waals surface area contributed by atoms with Crippen LogP contribution in [0.3, 0.4) is 0 Å². The molecule has 2 heterocycles. The first kappa shape index (κ1) is 20.8. The minimum absolute atomic E-state index is 0.0942. The van der Waals surface area contributed by atoms with E-state index >= 15 is 0 Å². The summed E-state index contributed by atoms with van der Waals surface area (Å²) in [4.78, 5) is 64.0. The molecule has 1 aliphatic heterocycles. The zero-order valence-corrected chi connectivity index (χ0v) is 16.2. The molecule has 0 spiro atoms. The number of pyridine rings is 1. The Morgan fingerprint density at radius 3 is 2.57 bits per heavy atom. The molecule has 0 aliphatic carbocycles. The highest BCUT2D eigenvalue weighted by molar-refractivity contribution is 6.09. The average Bonchev–Trinajstić information content (AvgIpc) is 2.74. The number of hydrogen-bond donors (Lipinski definition) is 3. The van der Waals surface area contributed by atoms with Gasteiger partial charge in [0.15, 0.2) is 5.78 Å². The fourth-order valence-electron chi connectivity index (χ4n) is 3.03. The molecule has 1 aromatic heterocycles. The van der Waals surface area contributed by atoms with Gasteiger partial charge < -0.3 is 10.6 Å². The van der Waals surface area contributed by atoms with Gasteiger partial charge in [-0.05, 0) is 37.1 Å². The molecule has 9 nitrogen and oxygen atoms in total. The Hall–Kier alpha value is -3.88. The molecule has 0 bridgehead atoms. The third-order valence-corrected chi connectivity index (χ3v) is 4.60. The Balaban J connectivity index is 1.75. The average molecular weight is 408 g/mol. The van der Waals surface area contributed by atoms with Crippen molar-refractivity contribution in [1.82, 2.24) is 20.9 Å². The van der Waals surface area contributed by atoms with Crippen molar-refractivity contribution in [3.63, 3.8) is 0 Å². The summed E-state index contributed by atoms with van der Waals surface area (Å²) in [5.41, 5.74) is 1.14. The predicted octanol–water partition coefficient (Wildman–Crippen LogP) is 0.749. The maximum Gasteiger partial charge on any atom is 0.270 e. The summed E-state index contributed by atoms with van der Waals surface area (Å²) < 4.78 is 0. The molecular formula is C21H20N4O5. The second kappa shape index (κ2) is 9.08. The summed E-state index contributed by atoms with van der Waals surface area (Å²) >= 11 is 0. The third-order valence-electron chi connectivity index (χ3n) is 4.60. The maximum absolute atomic E-state index is 12.8. The number of hydrogen-bond acceptors (Lipinski definition) is 6. The van der Waals surface area contributed by atoms with Gasteiger partial charge in [-0.1, -0.05) is 18.2 Å². The molecule has 9 heteroatoms. The van der Waals surface area contributed by atoms with Crippen molar-refractivity contribution < 1.29 is 24.0 Å². The molecule has 1 unspecified atom stereocenters. The Kier molecular flexibility index (Phi) is 6.31. The second-order valence-corrected chi connectivity index (χ2v) is 6.81. The number of imide groups is 1. The van der Waals surface area contributed by atoms with Crippen molar-refractivity contribution >= 4 is 29.4 Å². The number of amides is 4. The minimum Gasteiger partial charge on any atom is -0.347 e. The van der Waals surface area contributed by atoms with E-state index in [1.54, 1.807) is 24.3 Å². The number of piperidine rings is 1. The molecule has 0 radical (unpaired) electrons. The molecule has 1 aliphatic rings. The van der Waals surface area contributed by atoms with E-state index in [2.05, 4.69) is 20.9 Å². The van der Waals surface area contributed by atoms with E-state index in [-0.39, 0.29) is 53.8 Å². The van der Waals surface area contributed by atoms with Gasteiger partial charge in [0.2, 0.25) is 11.8 Å². The zero-order chi connectivity index (χ0) is 21.7. The first-order chi connectivity index (χ1) is 14.3. The number of aromatic nitrogens is 1. The summed E-state index contributed by atoms with van der Waals surface area (Å²) in [5.74, 6) is -2.26. The van der Waals surface area contributed by atoms with E-state index in [0.29, 0.717) is 5.56 Å². The van der Waals surface area contributed by atoms with Crippen LogP contribution in [0, 0.1) is 0 Å². The van der Waals surface area contributed by atoms with Crippen LogP contribution in [-0.2, 0) is 16.1 Å². The van der Waals surface area contributed by atoms with E-state index in [0.717, 1.165) is 0 Å². The van der Waals surface area contributed by atoms with E-state index in [1.807, 2.05) is 0 Å². The number of carbonyl (C=O) groups is 5. The minimum atomic E-state index is -0.859.